The first-order valence-electron chi connectivity index (χ1n) is 7.67. The van der Waals surface area contributed by atoms with E-state index in [9.17, 15) is 13.2 Å². The van der Waals surface area contributed by atoms with Crippen LogP contribution >= 0.6 is 0 Å². The highest BCUT2D eigenvalue weighted by Gasteiger charge is 2.18. The van der Waals surface area contributed by atoms with Gasteiger partial charge in [-0.15, -0.1) is 0 Å². The van der Waals surface area contributed by atoms with Gasteiger partial charge in [0.1, 0.15) is 6.61 Å². The summed E-state index contributed by atoms with van der Waals surface area (Å²) in [6.07, 6.45) is -0.516. The molecule has 6 heteroatoms. The quantitative estimate of drug-likeness (QED) is 0.870. The second-order valence-electron chi connectivity index (χ2n) is 5.65. The Hall–Kier alpha value is -2.34. The van der Waals surface area contributed by atoms with E-state index in [-0.39, 0.29) is 18.0 Å². The van der Waals surface area contributed by atoms with Crippen LogP contribution in [0.15, 0.2) is 59.5 Å². The molecule has 2 rings (SSSR count). The van der Waals surface area contributed by atoms with E-state index in [1.54, 1.807) is 38.1 Å². The Morgan fingerprint density at radius 3 is 2.21 bits per heavy atom. The van der Waals surface area contributed by atoms with Crippen molar-refractivity contribution in [2.24, 2.45) is 0 Å². The van der Waals surface area contributed by atoms with E-state index in [0.717, 1.165) is 11.1 Å². The average Bonchev–Trinajstić information content (AvgIpc) is 2.59. The van der Waals surface area contributed by atoms with Crippen molar-refractivity contribution < 1.29 is 17.9 Å². The number of carbonyl (C=O) groups is 1. The summed E-state index contributed by atoms with van der Waals surface area (Å²) in [6.45, 7) is 3.77. The van der Waals surface area contributed by atoms with Crippen molar-refractivity contribution in [1.82, 2.24) is 5.32 Å². The zero-order valence-electron chi connectivity index (χ0n) is 13.7. The number of ether oxygens (including phenoxy) is 1. The molecule has 0 aliphatic heterocycles. The molecule has 128 valence electrons. The van der Waals surface area contributed by atoms with Crippen LogP contribution in [-0.2, 0) is 27.7 Å². The molecule has 0 saturated carbocycles. The van der Waals surface area contributed by atoms with Crippen LogP contribution in [-0.4, -0.2) is 19.8 Å². The van der Waals surface area contributed by atoms with Gasteiger partial charge < -0.3 is 10.1 Å². The molecule has 0 aliphatic rings. The van der Waals surface area contributed by atoms with Gasteiger partial charge in [0, 0.05) is 6.54 Å². The summed E-state index contributed by atoms with van der Waals surface area (Å²) in [7, 11) is -3.28. The van der Waals surface area contributed by atoms with Gasteiger partial charge in [0.05, 0.1) is 10.1 Å². The number of rotatable bonds is 6. The highest BCUT2D eigenvalue weighted by molar-refractivity contribution is 7.92. The molecular weight excluding hydrogens is 326 g/mol. The zero-order valence-corrected chi connectivity index (χ0v) is 14.5. The van der Waals surface area contributed by atoms with Gasteiger partial charge in [-0.05, 0) is 37.1 Å². The summed E-state index contributed by atoms with van der Waals surface area (Å²) in [5, 5.41) is 2.18. The molecule has 0 spiro atoms. The second-order valence-corrected chi connectivity index (χ2v) is 8.16. The third-order valence-corrected chi connectivity index (χ3v) is 5.69. The first-order valence-corrected chi connectivity index (χ1v) is 9.21. The fraction of sp³-hybridized carbons (Fsp3) is 0.278. The predicted molar refractivity (Wildman–Crippen MR) is 92.2 cm³/mol. The van der Waals surface area contributed by atoms with Crippen LogP contribution in [0, 0.1) is 0 Å². The van der Waals surface area contributed by atoms with E-state index in [4.69, 9.17) is 4.74 Å². The van der Waals surface area contributed by atoms with Gasteiger partial charge in [-0.25, -0.2) is 13.2 Å². The largest absolute Gasteiger partial charge is 0.445 e. The molecule has 0 heterocycles. The number of sulfone groups is 1. The molecule has 5 nitrogen and oxygen atoms in total. The molecule has 0 aromatic heterocycles. The molecule has 2 aromatic rings. The molecule has 2 aromatic carbocycles. The highest BCUT2D eigenvalue weighted by Crippen LogP contribution is 2.16. The minimum absolute atomic E-state index is 0.207. The summed E-state index contributed by atoms with van der Waals surface area (Å²) in [6, 6.07) is 15.9. The Kier molecular flexibility index (Phi) is 5.98. The Labute approximate surface area is 142 Å². The normalized spacial score (nSPS) is 11.3. The van der Waals surface area contributed by atoms with E-state index >= 15 is 0 Å². The van der Waals surface area contributed by atoms with Crippen LogP contribution in [0.1, 0.15) is 25.0 Å². The van der Waals surface area contributed by atoms with E-state index in [0.29, 0.717) is 0 Å². The summed E-state index contributed by atoms with van der Waals surface area (Å²) in [5.74, 6) is 0. The molecule has 0 unspecified atom stereocenters. The SMILES string of the molecule is CC(C)S(=O)(=O)c1ccc(CNC(=O)OCc2ccccc2)cc1. The number of hydrogen-bond acceptors (Lipinski definition) is 4. The fourth-order valence-corrected chi connectivity index (χ4v) is 3.08. The lowest BCUT2D eigenvalue weighted by Gasteiger charge is -2.10. The van der Waals surface area contributed by atoms with Crippen molar-refractivity contribution in [2.45, 2.75) is 37.1 Å². The Morgan fingerprint density at radius 2 is 1.62 bits per heavy atom. The van der Waals surface area contributed by atoms with Crippen molar-refractivity contribution in [3.8, 4) is 0 Å². The van der Waals surface area contributed by atoms with Crippen molar-refractivity contribution in [3.05, 3.63) is 65.7 Å². The van der Waals surface area contributed by atoms with Crippen LogP contribution in [0.25, 0.3) is 0 Å². The maximum Gasteiger partial charge on any atom is 0.407 e. The number of hydrogen-bond donors (Lipinski definition) is 1. The fourth-order valence-electron chi connectivity index (χ4n) is 2.02. The van der Waals surface area contributed by atoms with Gasteiger partial charge in [-0.2, -0.15) is 0 Å². The van der Waals surface area contributed by atoms with Crippen molar-refractivity contribution in [1.29, 1.82) is 0 Å². The van der Waals surface area contributed by atoms with Crippen molar-refractivity contribution in [3.63, 3.8) is 0 Å². The maximum atomic E-state index is 12.0. The summed E-state index contributed by atoms with van der Waals surface area (Å²) in [5.41, 5.74) is 1.71. The molecule has 1 N–H and O–H groups in total. The molecule has 0 radical (unpaired) electrons. The first kappa shape index (κ1) is 18.0. The Morgan fingerprint density at radius 1 is 1.00 bits per heavy atom. The summed E-state index contributed by atoms with van der Waals surface area (Å²) < 4.78 is 29.2. The van der Waals surface area contributed by atoms with Gasteiger partial charge in [-0.3, -0.25) is 0 Å². The van der Waals surface area contributed by atoms with Gasteiger partial charge >= 0.3 is 6.09 Å². The molecule has 0 saturated heterocycles. The highest BCUT2D eigenvalue weighted by atomic mass is 32.2. The predicted octanol–water partition coefficient (Wildman–Crippen LogP) is 3.30. The van der Waals surface area contributed by atoms with Gasteiger partial charge in [0.2, 0.25) is 0 Å². The second kappa shape index (κ2) is 7.97. The monoisotopic (exact) mass is 347 g/mol. The van der Waals surface area contributed by atoms with Crippen LogP contribution in [0.3, 0.4) is 0 Å². The first-order chi connectivity index (χ1) is 11.4. The van der Waals surface area contributed by atoms with E-state index in [2.05, 4.69) is 5.32 Å². The number of alkyl carbamates (subject to hydrolysis) is 1. The topological polar surface area (TPSA) is 72.5 Å². The van der Waals surface area contributed by atoms with E-state index in [1.807, 2.05) is 30.3 Å². The van der Waals surface area contributed by atoms with E-state index < -0.39 is 21.2 Å². The number of benzene rings is 2. The van der Waals surface area contributed by atoms with Crippen LogP contribution in [0.5, 0.6) is 0 Å². The van der Waals surface area contributed by atoms with Gasteiger partial charge in [0.15, 0.2) is 9.84 Å². The Balaban J connectivity index is 1.85. The van der Waals surface area contributed by atoms with Gasteiger partial charge in [-0.1, -0.05) is 42.5 Å². The minimum Gasteiger partial charge on any atom is -0.445 e. The molecular formula is C18H21NO4S. The van der Waals surface area contributed by atoms with Crippen molar-refractivity contribution in [2.75, 3.05) is 0 Å². The molecule has 24 heavy (non-hydrogen) atoms. The molecule has 0 fully saturated rings. The molecule has 1 amide bonds. The lowest BCUT2D eigenvalue weighted by molar-refractivity contribution is 0.139. The zero-order chi connectivity index (χ0) is 17.6. The third-order valence-electron chi connectivity index (χ3n) is 3.52. The smallest absolute Gasteiger partial charge is 0.407 e. The van der Waals surface area contributed by atoms with Crippen LogP contribution in [0.4, 0.5) is 4.79 Å². The average molecular weight is 347 g/mol. The summed E-state index contributed by atoms with van der Waals surface area (Å²) >= 11 is 0. The lowest BCUT2D eigenvalue weighted by Crippen LogP contribution is -2.23. The van der Waals surface area contributed by atoms with Crippen LogP contribution < -0.4 is 5.32 Å². The molecule has 0 aliphatic carbocycles. The third kappa shape index (κ3) is 4.83. The Bertz CT molecular complexity index is 768. The lowest BCUT2D eigenvalue weighted by atomic mass is 10.2. The van der Waals surface area contributed by atoms with E-state index in [1.165, 1.54) is 0 Å². The molecule has 0 atom stereocenters. The standard InChI is InChI=1S/C18H21NO4S/c1-14(2)24(21,22)17-10-8-15(9-11-17)12-19-18(20)23-13-16-6-4-3-5-7-16/h3-11,14H,12-13H2,1-2H3,(H,19,20). The number of carbonyl (C=O) groups excluding carboxylic acids is 1. The summed E-state index contributed by atoms with van der Waals surface area (Å²) in [4.78, 5) is 12.0. The van der Waals surface area contributed by atoms with Gasteiger partial charge in [0.25, 0.3) is 0 Å². The van der Waals surface area contributed by atoms with Crippen molar-refractivity contribution >= 4 is 15.9 Å². The maximum absolute atomic E-state index is 12.0. The number of amides is 1. The number of nitrogens with one attached hydrogen (secondary N) is 1. The minimum atomic E-state index is -3.28. The van der Waals surface area contributed by atoms with Crippen LogP contribution in [0.2, 0.25) is 0 Å². The molecule has 0 bridgehead atoms.